The number of thioether (sulfide) groups is 1. The highest BCUT2D eigenvalue weighted by atomic mass is 32.2. The molecule has 1 unspecified atom stereocenters. The number of aryl methyl sites for hydroxylation is 1. The first-order valence-corrected chi connectivity index (χ1v) is 12.0. The molecule has 1 fully saturated rings. The van der Waals surface area contributed by atoms with Gasteiger partial charge in [-0.05, 0) is 30.7 Å². The van der Waals surface area contributed by atoms with Gasteiger partial charge < -0.3 is 10.2 Å². The molecule has 3 amide bonds. The third-order valence-electron chi connectivity index (χ3n) is 6.25. The highest BCUT2D eigenvalue weighted by Gasteiger charge is 2.59. The summed E-state index contributed by atoms with van der Waals surface area (Å²) in [6.07, 6.45) is 0. The number of urea groups is 1. The van der Waals surface area contributed by atoms with E-state index in [1.807, 2.05) is 43.3 Å². The SMILES string of the molecule is Cc1cccc(CNC(=O)N2CCSC23C(=O)N(Cc2c(F)cccc2F)c2ccccc23)c1. The summed E-state index contributed by atoms with van der Waals surface area (Å²) in [5.41, 5.74) is 3.09. The first kappa shape index (κ1) is 22.4. The Morgan fingerprint density at radius 2 is 1.79 bits per heavy atom. The minimum atomic E-state index is -1.27. The Balaban J connectivity index is 1.46. The van der Waals surface area contributed by atoms with Crippen LogP contribution in [0.3, 0.4) is 0 Å². The lowest BCUT2D eigenvalue weighted by molar-refractivity contribution is -0.123. The number of nitrogens with zero attached hydrogens (tertiary/aromatic N) is 2. The summed E-state index contributed by atoms with van der Waals surface area (Å²) >= 11 is 1.37. The van der Waals surface area contributed by atoms with E-state index in [9.17, 15) is 18.4 Å². The molecule has 174 valence electrons. The molecule has 0 radical (unpaired) electrons. The molecule has 0 aromatic heterocycles. The van der Waals surface area contributed by atoms with Crippen molar-refractivity contribution in [3.05, 3.63) is 101 Å². The zero-order chi connectivity index (χ0) is 23.9. The molecule has 1 atom stereocenters. The van der Waals surface area contributed by atoms with Crippen molar-refractivity contribution in [1.82, 2.24) is 10.2 Å². The van der Waals surface area contributed by atoms with Crippen molar-refractivity contribution in [2.45, 2.75) is 24.9 Å². The Bertz CT molecular complexity index is 1260. The van der Waals surface area contributed by atoms with Crippen LogP contribution in [0.2, 0.25) is 0 Å². The van der Waals surface area contributed by atoms with Gasteiger partial charge in [0.1, 0.15) is 11.6 Å². The summed E-state index contributed by atoms with van der Waals surface area (Å²) in [6, 6.07) is 18.3. The Kier molecular flexibility index (Phi) is 5.77. The lowest BCUT2D eigenvalue weighted by Crippen LogP contribution is -2.53. The van der Waals surface area contributed by atoms with Crippen LogP contribution in [0.4, 0.5) is 19.3 Å². The molecule has 2 aliphatic heterocycles. The Labute approximate surface area is 200 Å². The molecular weight excluding hydrogens is 456 g/mol. The number of hydrogen-bond acceptors (Lipinski definition) is 3. The predicted molar refractivity (Wildman–Crippen MR) is 128 cm³/mol. The standard InChI is InChI=1S/C26H23F2N3O2S/c1-17-6-4-7-18(14-17)15-29-25(33)31-12-13-34-26(31)20-8-2-3-11-23(20)30(24(26)32)16-19-21(27)9-5-10-22(19)28/h2-11,14H,12-13,15-16H2,1H3,(H,29,33). The van der Waals surface area contributed by atoms with Crippen LogP contribution in [-0.4, -0.2) is 29.1 Å². The van der Waals surface area contributed by atoms with E-state index in [1.54, 1.807) is 17.0 Å². The number of para-hydroxylation sites is 1. The van der Waals surface area contributed by atoms with Crippen LogP contribution in [0.1, 0.15) is 22.3 Å². The molecule has 2 aliphatic rings. The fourth-order valence-corrected chi connectivity index (χ4v) is 6.12. The summed E-state index contributed by atoms with van der Waals surface area (Å²) < 4.78 is 28.8. The molecule has 5 rings (SSSR count). The van der Waals surface area contributed by atoms with Gasteiger partial charge in [-0.3, -0.25) is 9.69 Å². The van der Waals surface area contributed by atoms with Crippen LogP contribution < -0.4 is 10.2 Å². The molecular formula is C26H23F2N3O2S. The second kappa shape index (κ2) is 8.76. The zero-order valence-corrected chi connectivity index (χ0v) is 19.4. The number of nitrogens with one attached hydrogen (secondary N) is 1. The Hall–Kier alpha value is -3.39. The van der Waals surface area contributed by atoms with Gasteiger partial charge in [0.25, 0.3) is 5.91 Å². The zero-order valence-electron chi connectivity index (χ0n) is 18.6. The molecule has 3 aromatic rings. The molecule has 1 spiro atoms. The largest absolute Gasteiger partial charge is 0.334 e. The third-order valence-corrected chi connectivity index (χ3v) is 7.67. The molecule has 2 heterocycles. The summed E-state index contributed by atoms with van der Waals surface area (Å²) in [6.45, 7) is 2.44. The van der Waals surface area contributed by atoms with E-state index >= 15 is 0 Å². The highest BCUT2D eigenvalue weighted by molar-refractivity contribution is 8.01. The van der Waals surface area contributed by atoms with Gasteiger partial charge in [0.2, 0.25) is 0 Å². The number of carbonyl (C=O) groups excluding carboxylic acids is 2. The summed E-state index contributed by atoms with van der Waals surface area (Å²) in [4.78, 5) is 28.9. The van der Waals surface area contributed by atoms with E-state index in [0.29, 0.717) is 30.1 Å². The third kappa shape index (κ3) is 3.62. The lowest BCUT2D eigenvalue weighted by Gasteiger charge is -2.33. The molecule has 0 aliphatic carbocycles. The maximum atomic E-state index is 14.4. The van der Waals surface area contributed by atoms with Crippen LogP contribution in [0, 0.1) is 18.6 Å². The fraction of sp³-hybridized carbons (Fsp3) is 0.231. The monoisotopic (exact) mass is 479 g/mol. The van der Waals surface area contributed by atoms with Crippen LogP contribution in [0.25, 0.3) is 0 Å². The van der Waals surface area contributed by atoms with Crippen molar-refractivity contribution in [2.75, 3.05) is 17.2 Å². The number of rotatable bonds is 4. The van der Waals surface area contributed by atoms with E-state index in [-0.39, 0.29) is 24.0 Å². The van der Waals surface area contributed by atoms with Gasteiger partial charge in [-0.2, -0.15) is 0 Å². The van der Waals surface area contributed by atoms with Gasteiger partial charge in [0.15, 0.2) is 4.87 Å². The van der Waals surface area contributed by atoms with Crippen molar-refractivity contribution < 1.29 is 18.4 Å². The van der Waals surface area contributed by atoms with E-state index in [4.69, 9.17) is 0 Å². The quantitative estimate of drug-likeness (QED) is 0.577. The molecule has 0 bridgehead atoms. The summed E-state index contributed by atoms with van der Waals surface area (Å²) in [7, 11) is 0. The van der Waals surface area contributed by atoms with Gasteiger partial charge in [-0.1, -0.05) is 54.1 Å². The van der Waals surface area contributed by atoms with Crippen LogP contribution in [0.15, 0.2) is 66.7 Å². The smallest absolute Gasteiger partial charge is 0.319 e. The molecule has 0 saturated carbocycles. The summed E-state index contributed by atoms with van der Waals surface area (Å²) in [5, 5.41) is 2.94. The average Bonchev–Trinajstić information content (AvgIpc) is 3.37. The van der Waals surface area contributed by atoms with E-state index < -0.39 is 16.5 Å². The number of amides is 3. The van der Waals surface area contributed by atoms with Crippen LogP contribution >= 0.6 is 11.8 Å². The molecule has 8 heteroatoms. The van der Waals surface area contributed by atoms with E-state index in [0.717, 1.165) is 11.1 Å². The minimum absolute atomic E-state index is 0.179. The van der Waals surface area contributed by atoms with Gasteiger partial charge in [0.05, 0.1) is 12.2 Å². The van der Waals surface area contributed by atoms with Gasteiger partial charge >= 0.3 is 6.03 Å². The molecule has 34 heavy (non-hydrogen) atoms. The van der Waals surface area contributed by atoms with Crippen LogP contribution in [0.5, 0.6) is 0 Å². The molecule has 5 nitrogen and oxygen atoms in total. The average molecular weight is 480 g/mol. The Morgan fingerprint density at radius 1 is 1.06 bits per heavy atom. The van der Waals surface area contributed by atoms with Crippen molar-refractivity contribution in [1.29, 1.82) is 0 Å². The first-order chi connectivity index (χ1) is 16.4. The molecule has 3 aromatic carbocycles. The number of anilines is 1. The normalized spacial score (nSPS) is 19.1. The number of carbonyl (C=O) groups is 2. The Morgan fingerprint density at radius 3 is 2.56 bits per heavy atom. The second-order valence-electron chi connectivity index (χ2n) is 8.40. The lowest BCUT2D eigenvalue weighted by atomic mass is 10.1. The van der Waals surface area contributed by atoms with Crippen molar-refractivity contribution >= 4 is 29.4 Å². The first-order valence-electron chi connectivity index (χ1n) is 11.0. The molecule has 1 saturated heterocycles. The number of halogens is 2. The highest BCUT2D eigenvalue weighted by Crippen LogP contribution is 2.54. The number of benzene rings is 3. The van der Waals surface area contributed by atoms with Crippen molar-refractivity contribution in [2.24, 2.45) is 0 Å². The van der Waals surface area contributed by atoms with Crippen molar-refractivity contribution in [3.8, 4) is 0 Å². The van der Waals surface area contributed by atoms with Gasteiger partial charge in [-0.25, -0.2) is 13.6 Å². The van der Waals surface area contributed by atoms with Gasteiger partial charge in [-0.15, -0.1) is 11.8 Å². The minimum Gasteiger partial charge on any atom is -0.334 e. The van der Waals surface area contributed by atoms with Gasteiger partial charge in [0, 0.05) is 30.0 Å². The number of fused-ring (bicyclic) bond motifs is 2. The fourth-order valence-electron chi connectivity index (χ4n) is 4.66. The topological polar surface area (TPSA) is 52.7 Å². The number of hydrogen-bond donors (Lipinski definition) is 1. The maximum absolute atomic E-state index is 14.4. The molecule has 1 N–H and O–H groups in total. The van der Waals surface area contributed by atoms with E-state index in [1.165, 1.54) is 34.9 Å². The van der Waals surface area contributed by atoms with E-state index in [2.05, 4.69) is 5.32 Å². The van der Waals surface area contributed by atoms with Crippen molar-refractivity contribution in [3.63, 3.8) is 0 Å². The predicted octanol–water partition coefficient (Wildman–Crippen LogP) is 4.93. The van der Waals surface area contributed by atoms with Crippen LogP contribution in [-0.2, 0) is 22.8 Å². The second-order valence-corrected chi connectivity index (χ2v) is 9.69. The summed E-state index contributed by atoms with van der Waals surface area (Å²) in [5.74, 6) is -1.22. The maximum Gasteiger partial charge on any atom is 0.319 e.